The van der Waals surface area contributed by atoms with Crippen molar-refractivity contribution in [2.45, 2.75) is 6.04 Å². The fourth-order valence-corrected chi connectivity index (χ4v) is 3.68. The smallest absolute Gasteiger partial charge is 0.269 e. The second kappa shape index (κ2) is 8.77. The van der Waals surface area contributed by atoms with Crippen molar-refractivity contribution in [2.24, 2.45) is 0 Å². The van der Waals surface area contributed by atoms with Gasteiger partial charge in [0.2, 0.25) is 0 Å². The Kier molecular flexibility index (Phi) is 5.72. The molecule has 0 fully saturated rings. The maximum Gasteiger partial charge on any atom is 0.269 e. The van der Waals surface area contributed by atoms with Gasteiger partial charge in [-0.25, -0.2) is 0 Å². The Labute approximate surface area is 184 Å². The number of hydrogen-bond acceptors (Lipinski definition) is 5. The number of methoxy groups -OCH3 is 1. The van der Waals surface area contributed by atoms with Crippen LogP contribution in [0.25, 0.3) is 10.8 Å². The van der Waals surface area contributed by atoms with Crippen LogP contribution in [0.2, 0.25) is 0 Å². The van der Waals surface area contributed by atoms with Crippen LogP contribution < -0.4 is 10.1 Å². The maximum atomic E-state index is 13.1. The molecule has 32 heavy (non-hydrogen) atoms. The Bertz CT molecular complexity index is 1300. The van der Waals surface area contributed by atoms with Crippen molar-refractivity contribution in [2.75, 3.05) is 7.11 Å². The Balaban J connectivity index is 1.83. The van der Waals surface area contributed by atoms with Gasteiger partial charge >= 0.3 is 0 Å². The minimum Gasteiger partial charge on any atom is -0.508 e. The van der Waals surface area contributed by atoms with Crippen LogP contribution in [-0.4, -0.2) is 23.0 Å². The fourth-order valence-electron chi connectivity index (χ4n) is 3.68. The largest absolute Gasteiger partial charge is 0.508 e. The van der Waals surface area contributed by atoms with Crippen molar-refractivity contribution < 1.29 is 19.6 Å². The van der Waals surface area contributed by atoms with Gasteiger partial charge < -0.3 is 15.2 Å². The summed E-state index contributed by atoms with van der Waals surface area (Å²) in [5.41, 5.74) is 1.43. The number of aromatic hydroxyl groups is 1. The summed E-state index contributed by atoms with van der Waals surface area (Å²) in [6.07, 6.45) is 0. The lowest BCUT2D eigenvalue weighted by Gasteiger charge is -2.23. The number of carbonyl (C=O) groups is 1. The molecule has 7 heteroatoms. The number of rotatable bonds is 6. The number of nitro groups is 1. The SMILES string of the molecule is COc1cccc(C(=O)N[C@H](c2ccc([N+](=O)[O-])cc2)c2c(O)ccc3ccccc23)c1. The van der Waals surface area contributed by atoms with Gasteiger partial charge in [0.1, 0.15) is 11.5 Å². The molecule has 7 nitrogen and oxygen atoms in total. The van der Waals surface area contributed by atoms with Crippen LogP contribution in [0.3, 0.4) is 0 Å². The highest BCUT2D eigenvalue weighted by Gasteiger charge is 2.24. The predicted octanol–water partition coefficient (Wildman–Crippen LogP) is 4.98. The van der Waals surface area contributed by atoms with E-state index in [1.165, 1.54) is 19.2 Å². The third-order valence-corrected chi connectivity index (χ3v) is 5.28. The number of carbonyl (C=O) groups excluding carboxylic acids is 1. The zero-order valence-corrected chi connectivity index (χ0v) is 17.2. The van der Waals surface area contributed by atoms with Gasteiger partial charge in [-0.05, 0) is 52.7 Å². The standard InChI is InChI=1S/C25H20N2O5/c1-32-20-7-4-6-18(15-20)25(29)26-24(17-9-12-19(13-10-17)27(30)31)23-21-8-3-2-5-16(21)11-14-22(23)28/h2-15,24,28H,1H3,(H,26,29)/t24-/m1/s1. The number of amides is 1. The molecular weight excluding hydrogens is 408 g/mol. The van der Waals surface area contributed by atoms with Gasteiger partial charge in [0.05, 0.1) is 18.1 Å². The lowest BCUT2D eigenvalue weighted by atomic mass is 9.92. The summed E-state index contributed by atoms with van der Waals surface area (Å²) in [6.45, 7) is 0. The van der Waals surface area contributed by atoms with Crippen molar-refractivity contribution >= 4 is 22.4 Å². The van der Waals surface area contributed by atoms with E-state index in [1.807, 2.05) is 24.3 Å². The quantitative estimate of drug-likeness (QED) is 0.333. The lowest BCUT2D eigenvalue weighted by molar-refractivity contribution is -0.384. The third kappa shape index (κ3) is 4.09. The molecule has 0 heterocycles. The first-order chi connectivity index (χ1) is 15.5. The van der Waals surface area contributed by atoms with Crippen molar-refractivity contribution in [1.29, 1.82) is 0 Å². The zero-order valence-electron chi connectivity index (χ0n) is 17.2. The molecule has 0 saturated heterocycles. The van der Waals surface area contributed by atoms with Crippen LogP contribution in [0, 0.1) is 10.1 Å². The molecule has 0 aliphatic carbocycles. The highest BCUT2D eigenvalue weighted by molar-refractivity contribution is 5.96. The lowest BCUT2D eigenvalue weighted by Crippen LogP contribution is -2.29. The summed E-state index contributed by atoms with van der Waals surface area (Å²) in [7, 11) is 1.52. The van der Waals surface area contributed by atoms with Crippen LogP contribution in [0.1, 0.15) is 27.5 Å². The molecule has 1 atom stereocenters. The fraction of sp³-hybridized carbons (Fsp3) is 0.0800. The number of phenols is 1. The van der Waals surface area contributed by atoms with Gasteiger partial charge in [-0.1, -0.05) is 36.4 Å². The molecule has 0 aliphatic heterocycles. The highest BCUT2D eigenvalue weighted by atomic mass is 16.6. The van der Waals surface area contributed by atoms with Crippen LogP contribution in [0.5, 0.6) is 11.5 Å². The molecule has 0 spiro atoms. The maximum absolute atomic E-state index is 13.1. The van der Waals surface area contributed by atoms with Crippen LogP contribution in [0.15, 0.2) is 84.9 Å². The van der Waals surface area contributed by atoms with Crippen molar-refractivity contribution in [3.05, 3.63) is 112 Å². The Morgan fingerprint density at radius 3 is 2.47 bits per heavy atom. The number of hydrogen-bond donors (Lipinski definition) is 2. The first-order valence-electron chi connectivity index (χ1n) is 9.88. The van der Waals surface area contributed by atoms with E-state index in [9.17, 15) is 20.0 Å². The molecule has 160 valence electrons. The van der Waals surface area contributed by atoms with E-state index in [0.717, 1.165) is 10.8 Å². The molecule has 0 aromatic heterocycles. The first kappa shape index (κ1) is 20.9. The Hall–Kier alpha value is -4.39. The summed E-state index contributed by atoms with van der Waals surface area (Å²) in [6, 6.07) is 22.8. The van der Waals surface area contributed by atoms with E-state index in [4.69, 9.17) is 4.74 Å². The molecular formula is C25H20N2O5. The summed E-state index contributed by atoms with van der Waals surface area (Å²) < 4.78 is 5.21. The van der Waals surface area contributed by atoms with Crippen LogP contribution in [-0.2, 0) is 0 Å². The predicted molar refractivity (Wildman–Crippen MR) is 121 cm³/mol. The highest BCUT2D eigenvalue weighted by Crippen LogP contribution is 2.36. The van der Waals surface area contributed by atoms with E-state index in [0.29, 0.717) is 22.4 Å². The first-order valence-corrected chi connectivity index (χ1v) is 9.88. The van der Waals surface area contributed by atoms with E-state index in [1.54, 1.807) is 48.5 Å². The molecule has 4 aromatic rings. The second-order valence-corrected chi connectivity index (χ2v) is 7.21. The number of nitro benzene ring substituents is 1. The van der Waals surface area contributed by atoms with Gasteiger partial charge in [-0.15, -0.1) is 0 Å². The average molecular weight is 428 g/mol. The molecule has 4 aromatic carbocycles. The second-order valence-electron chi connectivity index (χ2n) is 7.21. The van der Waals surface area contributed by atoms with Crippen molar-refractivity contribution in [1.82, 2.24) is 5.32 Å². The summed E-state index contributed by atoms with van der Waals surface area (Å²) in [5, 5.41) is 26.5. The third-order valence-electron chi connectivity index (χ3n) is 5.28. The summed E-state index contributed by atoms with van der Waals surface area (Å²) >= 11 is 0. The monoisotopic (exact) mass is 428 g/mol. The molecule has 2 N–H and O–H groups in total. The molecule has 0 bridgehead atoms. The zero-order chi connectivity index (χ0) is 22.7. The topological polar surface area (TPSA) is 102 Å². The van der Waals surface area contributed by atoms with Crippen molar-refractivity contribution in [3.63, 3.8) is 0 Å². The number of fused-ring (bicyclic) bond motifs is 1. The van der Waals surface area contributed by atoms with Gasteiger partial charge in [-0.3, -0.25) is 14.9 Å². The van der Waals surface area contributed by atoms with Crippen LogP contribution >= 0.6 is 0 Å². The molecule has 0 radical (unpaired) electrons. The number of nitrogens with zero attached hydrogens (tertiary/aromatic N) is 1. The van der Waals surface area contributed by atoms with E-state index < -0.39 is 11.0 Å². The molecule has 0 unspecified atom stereocenters. The minimum absolute atomic E-state index is 0.0120. The molecule has 0 saturated carbocycles. The summed E-state index contributed by atoms with van der Waals surface area (Å²) in [4.78, 5) is 23.7. The van der Waals surface area contributed by atoms with E-state index >= 15 is 0 Å². The molecule has 4 rings (SSSR count). The number of benzene rings is 4. The summed E-state index contributed by atoms with van der Waals surface area (Å²) in [5.74, 6) is 0.176. The Morgan fingerprint density at radius 2 is 1.75 bits per heavy atom. The minimum atomic E-state index is -0.749. The normalized spacial score (nSPS) is 11.7. The van der Waals surface area contributed by atoms with Gasteiger partial charge in [0, 0.05) is 23.3 Å². The average Bonchev–Trinajstić information content (AvgIpc) is 2.83. The van der Waals surface area contributed by atoms with Gasteiger partial charge in [-0.2, -0.15) is 0 Å². The number of non-ortho nitro benzene ring substituents is 1. The number of phenolic OH excluding ortho intramolecular Hbond substituents is 1. The number of ether oxygens (including phenoxy) is 1. The van der Waals surface area contributed by atoms with Gasteiger partial charge in [0.15, 0.2) is 0 Å². The van der Waals surface area contributed by atoms with Crippen LogP contribution in [0.4, 0.5) is 5.69 Å². The molecule has 0 aliphatic rings. The van der Waals surface area contributed by atoms with E-state index in [-0.39, 0.29) is 17.3 Å². The number of nitrogens with one attached hydrogen (secondary N) is 1. The van der Waals surface area contributed by atoms with Crippen molar-refractivity contribution in [3.8, 4) is 11.5 Å². The molecule has 1 amide bonds. The van der Waals surface area contributed by atoms with E-state index in [2.05, 4.69) is 5.32 Å². The van der Waals surface area contributed by atoms with Gasteiger partial charge in [0.25, 0.3) is 11.6 Å². The Morgan fingerprint density at radius 1 is 1.00 bits per heavy atom.